The van der Waals surface area contributed by atoms with Crippen molar-refractivity contribution in [2.24, 2.45) is 0 Å². The van der Waals surface area contributed by atoms with Crippen LogP contribution in [0.3, 0.4) is 0 Å². The Morgan fingerprint density at radius 2 is 1.57 bits per heavy atom. The zero-order valence-corrected chi connectivity index (χ0v) is 13.4. The first-order chi connectivity index (χ1) is 9.75. The number of hydrogen-bond donors (Lipinski definition) is 3. The Morgan fingerprint density at radius 3 is 2.14 bits per heavy atom. The maximum absolute atomic E-state index is 11.4. The molecule has 0 aromatic heterocycles. The fourth-order valence-electron chi connectivity index (χ4n) is 1.50. The first-order valence-electron chi connectivity index (χ1n) is 6.89. The molecule has 9 heteroatoms. The summed E-state index contributed by atoms with van der Waals surface area (Å²) in [6.45, 7) is 0.546. The van der Waals surface area contributed by atoms with Gasteiger partial charge >= 0.3 is 12.0 Å². The van der Waals surface area contributed by atoms with Crippen LogP contribution < -0.4 is 10.6 Å². The summed E-state index contributed by atoms with van der Waals surface area (Å²) in [5, 5.41) is 13.6. The Bertz CT molecular complexity index is 423. The molecule has 0 radical (unpaired) electrons. The molecule has 0 unspecified atom stereocenters. The number of carbonyl (C=O) groups excluding carboxylic acids is 1. The van der Waals surface area contributed by atoms with Gasteiger partial charge in [-0.2, -0.15) is 0 Å². The monoisotopic (exact) mass is 323 g/mol. The van der Waals surface area contributed by atoms with E-state index < -0.39 is 22.0 Å². The van der Waals surface area contributed by atoms with Crippen molar-refractivity contribution in [1.29, 1.82) is 0 Å². The molecule has 0 aliphatic carbocycles. The highest BCUT2D eigenvalue weighted by Crippen LogP contribution is 2.02. The quantitative estimate of drug-likeness (QED) is 0.470. The molecule has 0 bridgehead atoms. The molecule has 124 valence electrons. The molecule has 0 aromatic carbocycles. The Hall–Kier alpha value is -1.35. The fraction of sp³-hybridized carbons (Fsp3) is 0.833. The van der Waals surface area contributed by atoms with E-state index in [9.17, 15) is 18.0 Å². The van der Waals surface area contributed by atoms with E-state index in [1.165, 1.54) is 14.1 Å². The molecule has 2 amide bonds. The standard InChI is InChI=1S/C12H25N3O5S/c1-15(2)21(19,20)10-9-14-12(18)13-8-6-4-3-5-7-11(16)17/h3-10H2,1-2H3,(H,16,17)(H2,13,14,18). The van der Waals surface area contributed by atoms with Crippen LogP contribution in [0.4, 0.5) is 4.79 Å². The highest BCUT2D eigenvalue weighted by molar-refractivity contribution is 7.89. The summed E-state index contributed by atoms with van der Waals surface area (Å²) in [6, 6.07) is -0.394. The molecule has 0 heterocycles. The largest absolute Gasteiger partial charge is 0.481 e. The van der Waals surface area contributed by atoms with E-state index in [0.29, 0.717) is 13.0 Å². The number of nitrogens with zero attached hydrogens (tertiary/aromatic N) is 1. The minimum atomic E-state index is -3.29. The maximum atomic E-state index is 11.4. The van der Waals surface area contributed by atoms with Crippen molar-refractivity contribution in [3.8, 4) is 0 Å². The van der Waals surface area contributed by atoms with Crippen LogP contribution in [0.15, 0.2) is 0 Å². The van der Waals surface area contributed by atoms with Gasteiger partial charge in [-0.05, 0) is 12.8 Å². The zero-order chi connectivity index (χ0) is 16.3. The van der Waals surface area contributed by atoms with Gasteiger partial charge in [0.05, 0.1) is 5.75 Å². The number of amides is 2. The predicted molar refractivity (Wildman–Crippen MR) is 79.6 cm³/mol. The Balaban J connectivity index is 3.53. The topological polar surface area (TPSA) is 116 Å². The molecule has 0 aliphatic rings. The maximum Gasteiger partial charge on any atom is 0.314 e. The van der Waals surface area contributed by atoms with Gasteiger partial charge in [0, 0.05) is 33.6 Å². The van der Waals surface area contributed by atoms with Crippen molar-refractivity contribution in [3.05, 3.63) is 0 Å². The lowest BCUT2D eigenvalue weighted by Gasteiger charge is -2.12. The zero-order valence-electron chi connectivity index (χ0n) is 12.6. The Labute approximate surface area is 125 Å². The van der Waals surface area contributed by atoms with E-state index in [1.54, 1.807) is 0 Å². The highest BCUT2D eigenvalue weighted by atomic mass is 32.2. The number of hydrogen-bond acceptors (Lipinski definition) is 4. The lowest BCUT2D eigenvalue weighted by atomic mass is 10.1. The lowest BCUT2D eigenvalue weighted by Crippen LogP contribution is -2.40. The van der Waals surface area contributed by atoms with Crippen molar-refractivity contribution in [1.82, 2.24) is 14.9 Å². The van der Waals surface area contributed by atoms with E-state index in [0.717, 1.165) is 23.6 Å². The van der Waals surface area contributed by atoms with Gasteiger partial charge in [0.25, 0.3) is 0 Å². The molecular weight excluding hydrogens is 298 g/mol. The van der Waals surface area contributed by atoms with Gasteiger partial charge in [-0.1, -0.05) is 12.8 Å². The van der Waals surface area contributed by atoms with Crippen LogP contribution in [0.1, 0.15) is 32.1 Å². The summed E-state index contributed by atoms with van der Waals surface area (Å²) >= 11 is 0. The number of aliphatic carboxylic acids is 1. The number of carbonyl (C=O) groups is 2. The first kappa shape index (κ1) is 19.7. The number of rotatable bonds is 11. The summed E-state index contributed by atoms with van der Waals surface area (Å²) in [7, 11) is -0.405. The van der Waals surface area contributed by atoms with Crippen LogP contribution in [0.5, 0.6) is 0 Å². The number of nitrogens with one attached hydrogen (secondary N) is 2. The third-order valence-electron chi connectivity index (χ3n) is 2.80. The van der Waals surface area contributed by atoms with E-state index in [-0.39, 0.29) is 18.7 Å². The molecule has 0 saturated heterocycles. The Kier molecular flexibility index (Phi) is 9.72. The SMILES string of the molecule is CN(C)S(=O)(=O)CCNC(=O)NCCCCCCC(=O)O. The predicted octanol–water partition coefficient (Wildman–Crippen LogP) is 0.212. The molecule has 0 fully saturated rings. The van der Waals surface area contributed by atoms with Crippen LogP contribution in [0, 0.1) is 0 Å². The van der Waals surface area contributed by atoms with Crippen molar-refractivity contribution in [3.63, 3.8) is 0 Å². The van der Waals surface area contributed by atoms with Gasteiger partial charge in [-0.15, -0.1) is 0 Å². The van der Waals surface area contributed by atoms with Gasteiger partial charge in [-0.3, -0.25) is 4.79 Å². The molecular formula is C12H25N3O5S. The minimum Gasteiger partial charge on any atom is -0.481 e. The van der Waals surface area contributed by atoms with Gasteiger partial charge in [-0.25, -0.2) is 17.5 Å². The summed E-state index contributed by atoms with van der Waals surface area (Å²) in [4.78, 5) is 21.6. The third-order valence-corrected chi connectivity index (χ3v) is 4.64. The molecule has 3 N–H and O–H groups in total. The average molecular weight is 323 g/mol. The van der Waals surface area contributed by atoms with Crippen LogP contribution >= 0.6 is 0 Å². The average Bonchev–Trinajstić information content (AvgIpc) is 2.36. The molecule has 21 heavy (non-hydrogen) atoms. The number of sulfonamides is 1. The van der Waals surface area contributed by atoms with Crippen LogP contribution in [0.2, 0.25) is 0 Å². The van der Waals surface area contributed by atoms with E-state index in [2.05, 4.69) is 10.6 Å². The second-order valence-electron chi connectivity index (χ2n) is 4.84. The van der Waals surface area contributed by atoms with Crippen LogP contribution in [-0.4, -0.2) is 62.8 Å². The van der Waals surface area contributed by atoms with Crippen molar-refractivity contribution < 1.29 is 23.1 Å². The van der Waals surface area contributed by atoms with Gasteiger partial charge in [0.1, 0.15) is 0 Å². The first-order valence-corrected chi connectivity index (χ1v) is 8.50. The molecule has 0 aromatic rings. The smallest absolute Gasteiger partial charge is 0.314 e. The minimum absolute atomic E-state index is 0.0605. The summed E-state index contributed by atoms with van der Waals surface area (Å²) < 4.78 is 24.0. The van der Waals surface area contributed by atoms with Crippen molar-refractivity contribution in [2.45, 2.75) is 32.1 Å². The van der Waals surface area contributed by atoms with E-state index in [4.69, 9.17) is 5.11 Å². The second-order valence-corrected chi connectivity index (χ2v) is 7.14. The van der Waals surface area contributed by atoms with Gasteiger partial charge in [0.2, 0.25) is 10.0 Å². The summed E-state index contributed by atoms with van der Waals surface area (Å²) in [5.41, 5.74) is 0. The second kappa shape index (κ2) is 10.4. The molecule has 0 saturated carbocycles. The van der Waals surface area contributed by atoms with Crippen molar-refractivity contribution in [2.75, 3.05) is 32.9 Å². The fourth-order valence-corrected chi connectivity index (χ4v) is 2.22. The van der Waals surface area contributed by atoms with Gasteiger partial charge < -0.3 is 15.7 Å². The Morgan fingerprint density at radius 1 is 1.00 bits per heavy atom. The normalized spacial score (nSPS) is 11.4. The van der Waals surface area contributed by atoms with E-state index in [1.807, 2.05) is 0 Å². The van der Waals surface area contributed by atoms with E-state index >= 15 is 0 Å². The van der Waals surface area contributed by atoms with Gasteiger partial charge in [0.15, 0.2) is 0 Å². The lowest BCUT2D eigenvalue weighted by molar-refractivity contribution is -0.137. The third kappa shape index (κ3) is 11.0. The van der Waals surface area contributed by atoms with Crippen LogP contribution in [-0.2, 0) is 14.8 Å². The highest BCUT2D eigenvalue weighted by Gasteiger charge is 2.13. The summed E-state index contributed by atoms with van der Waals surface area (Å²) in [6.07, 6.45) is 3.25. The van der Waals surface area contributed by atoms with Crippen LogP contribution in [0.25, 0.3) is 0 Å². The molecule has 0 aliphatic heterocycles. The number of carboxylic acid groups (broad SMARTS) is 1. The summed E-state index contributed by atoms with van der Waals surface area (Å²) in [5.74, 6) is -0.928. The molecule has 0 rings (SSSR count). The molecule has 0 atom stereocenters. The van der Waals surface area contributed by atoms with Crippen molar-refractivity contribution >= 4 is 22.0 Å². The number of carboxylic acids is 1. The number of urea groups is 1. The number of unbranched alkanes of at least 4 members (excludes halogenated alkanes) is 3. The molecule has 8 nitrogen and oxygen atoms in total. The molecule has 0 spiro atoms.